The lowest BCUT2D eigenvalue weighted by Gasteiger charge is -2.13. The molecule has 3 nitrogen and oxygen atoms in total. The average molecular weight is 286 g/mol. The normalized spacial score (nSPS) is 14.4. The third kappa shape index (κ3) is 4.16. The van der Waals surface area contributed by atoms with E-state index in [9.17, 15) is 0 Å². The number of aryl methyl sites for hydroxylation is 1. The second kappa shape index (κ2) is 6.98. The molecule has 0 bridgehead atoms. The van der Waals surface area contributed by atoms with Crippen molar-refractivity contribution in [1.82, 2.24) is 10.4 Å². The van der Waals surface area contributed by atoms with Gasteiger partial charge in [0, 0.05) is 16.6 Å². The summed E-state index contributed by atoms with van der Waals surface area (Å²) in [6, 6.07) is 5.72. The monoisotopic (exact) mass is 285 g/mol. The van der Waals surface area contributed by atoms with E-state index in [0.29, 0.717) is 11.7 Å². The van der Waals surface area contributed by atoms with Gasteiger partial charge in [0.15, 0.2) is 0 Å². The summed E-state index contributed by atoms with van der Waals surface area (Å²) < 4.78 is 0. The molecule has 1 aromatic rings. The minimum atomic E-state index is 0.697. The molecule has 0 atom stereocenters. The van der Waals surface area contributed by atoms with Crippen molar-refractivity contribution in [3.63, 3.8) is 0 Å². The Labute approximate surface area is 118 Å². The zero-order valence-corrected chi connectivity index (χ0v) is 11.7. The lowest BCUT2D eigenvalue weighted by molar-refractivity contribution is 0.339. The number of aliphatic imine (C=N–C) groups is 1. The van der Waals surface area contributed by atoms with Gasteiger partial charge >= 0.3 is 0 Å². The molecule has 1 aliphatic heterocycles. The molecule has 0 aromatic heterocycles. The summed E-state index contributed by atoms with van der Waals surface area (Å²) in [6.07, 6.45) is 6.36. The molecule has 0 spiro atoms. The van der Waals surface area contributed by atoms with Crippen LogP contribution in [0, 0.1) is 0 Å². The van der Waals surface area contributed by atoms with Crippen molar-refractivity contribution in [1.29, 1.82) is 0 Å². The number of benzene rings is 1. The number of nitrogens with zero attached hydrogens (tertiary/aromatic N) is 2. The van der Waals surface area contributed by atoms with Crippen LogP contribution in [0.25, 0.3) is 0 Å². The number of hydrogen-bond donors (Lipinski definition) is 1. The zero-order chi connectivity index (χ0) is 12.8. The van der Waals surface area contributed by atoms with E-state index in [1.807, 2.05) is 29.5 Å². The predicted octanol–water partition coefficient (Wildman–Crippen LogP) is 3.51. The van der Waals surface area contributed by atoms with Crippen LogP contribution in [0.15, 0.2) is 23.2 Å². The maximum absolute atomic E-state index is 6.13. The van der Waals surface area contributed by atoms with Crippen molar-refractivity contribution >= 4 is 29.5 Å². The van der Waals surface area contributed by atoms with Crippen molar-refractivity contribution in [2.24, 2.45) is 4.99 Å². The fourth-order valence-corrected chi connectivity index (χ4v) is 2.45. The van der Waals surface area contributed by atoms with Gasteiger partial charge in [0.05, 0.1) is 0 Å². The van der Waals surface area contributed by atoms with Crippen molar-refractivity contribution in [3.8, 4) is 0 Å². The molecule has 2 rings (SSSR count). The standard InChI is InChI=1S/C13H17Cl2N3/c14-12-6-5-11(13(15)8-12)4-2-1-3-7-18-10-16-9-17-18/h5-6,8,10,17H,1-4,7,9H2. The van der Waals surface area contributed by atoms with E-state index in [1.54, 1.807) is 0 Å². The number of hydrazine groups is 1. The van der Waals surface area contributed by atoms with Crippen LogP contribution in [0.1, 0.15) is 24.8 Å². The topological polar surface area (TPSA) is 27.6 Å². The molecular formula is C13H17Cl2N3. The largest absolute Gasteiger partial charge is 0.297 e. The summed E-state index contributed by atoms with van der Waals surface area (Å²) >= 11 is 12.0. The molecule has 1 heterocycles. The van der Waals surface area contributed by atoms with Crippen molar-refractivity contribution < 1.29 is 0 Å². The smallest absolute Gasteiger partial charge is 0.107 e. The molecule has 1 N–H and O–H groups in total. The summed E-state index contributed by atoms with van der Waals surface area (Å²) in [5, 5.41) is 3.51. The van der Waals surface area contributed by atoms with E-state index in [2.05, 4.69) is 10.4 Å². The van der Waals surface area contributed by atoms with E-state index in [4.69, 9.17) is 23.2 Å². The molecule has 0 amide bonds. The van der Waals surface area contributed by atoms with Gasteiger partial charge in [-0.25, -0.2) is 5.43 Å². The van der Waals surface area contributed by atoms with Crippen molar-refractivity contribution in [3.05, 3.63) is 33.8 Å². The highest BCUT2D eigenvalue weighted by molar-refractivity contribution is 6.35. The molecule has 0 saturated carbocycles. The highest BCUT2D eigenvalue weighted by atomic mass is 35.5. The summed E-state index contributed by atoms with van der Waals surface area (Å²) in [6.45, 7) is 1.72. The van der Waals surface area contributed by atoms with Gasteiger partial charge < -0.3 is 0 Å². The van der Waals surface area contributed by atoms with Gasteiger partial charge in [0.25, 0.3) is 0 Å². The van der Waals surface area contributed by atoms with Gasteiger partial charge in [-0.05, 0) is 37.0 Å². The first-order valence-corrected chi connectivity index (χ1v) is 6.95. The number of unbranched alkanes of at least 4 members (excludes halogenated alkanes) is 2. The van der Waals surface area contributed by atoms with Crippen LogP contribution in [-0.4, -0.2) is 24.6 Å². The molecule has 1 aromatic carbocycles. The summed E-state index contributed by atoms with van der Waals surface area (Å²) in [5.74, 6) is 0. The zero-order valence-electron chi connectivity index (χ0n) is 10.2. The first-order valence-electron chi connectivity index (χ1n) is 6.20. The van der Waals surface area contributed by atoms with Crippen LogP contribution in [0.4, 0.5) is 0 Å². The summed E-state index contributed by atoms with van der Waals surface area (Å²) in [7, 11) is 0. The minimum absolute atomic E-state index is 0.697. The third-order valence-corrected chi connectivity index (χ3v) is 3.53. The molecule has 0 aliphatic carbocycles. The molecule has 0 radical (unpaired) electrons. The Kier molecular flexibility index (Phi) is 5.29. The van der Waals surface area contributed by atoms with E-state index in [-0.39, 0.29) is 0 Å². The summed E-state index contributed by atoms with van der Waals surface area (Å²) in [4.78, 5) is 4.09. The average Bonchev–Trinajstić information content (AvgIpc) is 2.84. The highest BCUT2D eigenvalue weighted by Crippen LogP contribution is 2.22. The van der Waals surface area contributed by atoms with Gasteiger partial charge in [0.1, 0.15) is 13.0 Å². The number of nitrogens with one attached hydrogen (secondary N) is 1. The minimum Gasteiger partial charge on any atom is -0.297 e. The van der Waals surface area contributed by atoms with Crippen LogP contribution in [0.2, 0.25) is 10.0 Å². The Hall–Kier alpha value is -0.770. The van der Waals surface area contributed by atoms with Crippen LogP contribution in [0.5, 0.6) is 0 Å². The van der Waals surface area contributed by atoms with Crippen molar-refractivity contribution in [2.45, 2.75) is 25.7 Å². The second-order valence-corrected chi connectivity index (χ2v) is 5.20. The molecule has 18 heavy (non-hydrogen) atoms. The van der Waals surface area contributed by atoms with E-state index < -0.39 is 0 Å². The summed E-state index contributed by atoms with van der Waals surface area (Å²) in [5.41, 5.74) is 4.34. The van der Waals surface area contributed by atoms with Gasteiger partial charge in [-0.1, -0.05) is 35.7 Å². The Morgan fingerprint density at radius 3 is 2.83 bits per heavy atom. The molecule has 1 aliphatic rings. The number of rotatable bonds is 6. The van der Waals surface area contributed by atoms with Gasteiger partial charge in [0.2, 0.25) is 0 Å². The third-order valence-electron chi connectivity index (χ3n) is 2.95. The lowest BCUT2D eigenvalue weighted by atomic mass is 10.1. The first-order chi connectivity index (χ1) is 8.75. The quantitative estimate of drug-likeness (QED) is 0.810. The van der Waals surface area contributed by atoms with Crippen LogP contribution in [0.3, 0.4) is 0 Å². The first kappa shape index (κ1) is 13.7. The Balaban J connectivity index is 1.64. The fraction of sp³-hybridized carbons (Fsp3) is 0.462. The fourth-order valence-electron chi connectivity index (χ4n) is 1.95. The SMILES string of the molecule is Clc1ccc(CCCCCN2C=NCN2)c(Cl)c1. The van der Waals surface area contributed by atoms with E-state index in [1.165, 1.54) is 12.0 Å². The maximum atomic E-state index is 6.13. The number of hydrogen-bond acceptors (Lipinski definition) is 3. The molecule has 0 saturated heterocycles. The van der Waals surface area contributed by atoms with Crippen LogP contribution >= 0.6 is 23.2 Å². The molecular weight excluding hydrogens is 269 g/mol. The Bertz CT molecular complexity index is 421. The van der Waals surface area contributed by atoms with Crippen LogP contribution in [-0.2, 0) is 6.42 Å². The molecule has 0 unspecified atom stereocenters. The van der Waals surface area contributed by atoms with Gasteiger partial charge in [-0.2, -0.15) is 0 Å². The van der Waals surface area contributed by atoms with Gasteiger partial charge in [-0.15, -0.1) is 0 Å². The van der Waals surface area contributed by atoms with Crippen molar-refractivity contribution in [2.75, 3.05) is 13.2 Å². The highest BCUT2D eigenvalue weighted by Gasteiger charge is 2.04. The second-order valence-electron chi connectivity index (χ2n) is 4.35. The maximum Gasteiger partial charge on any atom is 0.107 e. The van der Waals surface area contributed by atoms with E-state index in [0.717, 1.165) is 30.8 Å². The number of halogens is 2. The van der Waals surface area contributed by atoms with E-state index >= 15 is 0 Å². The molecule has 98 valence electrons. The Morgan fingerprint density at radius 1 is 1.22 bits per heavy atom. The molecule has 5 heteroatoms. The lowest BCUT2D eigenvalue weighted by Crippen LogP contribution is -2.32. The molecule has 0 fully saturated rings. The predicted molar refractivity (Wildman–Crippen MR) is 77.2 cm³/mol. The Morgan fingerprint density at radius 2 is 2.11 bits per heavy atom. The van der Waals surface area contributed by atoms with Crippen LogP contribution < -0.4 is 5.43 Å². The van der Waals surface area contributed by atoms with Gasteiger partial charge in [-0.3, -0.25) is 10.0 Å².